The molecule has 2 aliphatic rings. The molecule has 2 fully saturated rings. The van der Waals surface area contributed by atoms with E-state index >= 15 is 0 Å². The van der Waals surface area contributed by atoms with Crippen LogP contribution in [0, 0.1) is 17.8 Å². The lowest BCUT2D eigenvalue weighted by molar-refractivity contribution is 0.356. The Morgan fingerprint density at radius 1 is 1.11 bits per heavy atom. The molecule has 0 spiro atoms. The third kappa shape index (κ3) is 3.37. The summed E-state index contributed by atoms with van der Waals surface area (Å²) in [5.74, 6) is 2.42. The topological polar surface area (TPSA) is 38.0 Å². The normalized spacial score (nSPS) is 22.5. The summed E-state index contributed by atoms with van der Waals surface area (Å²) in [4.78, 5) is 0. The zero-order valence-corrected chi connectivity index (χ0v) is 11.9. The van der Waals surface area contributed by atoms with Crippen molar-refractivity contribution in [2.45, 2.75) is 44.7 Å². The van der Waals surface area contributed by atoms with E-state index in [1.807, 2.05) is 0 Å². The molecule has 0 heterocycles. The summed E-state index contributed by atoms with van der Waals surface area (Å²) in [5.41, 5.74) is 7.62. The average Bonchev–Trinajstić information content (AvgIpc) is 3.31. The molecule has 0 bridgehead atoms. The van der Waals surface area contributed by atoms with Crippen LogP contribution in [0.3, 0.4) is 0 Å². The predicted molar refractivity (Wildman–Crippen MR) is 79.8 cm³/mol. The van der Waals surface area contributed by atoms with Crippen LogP contribution < -0.4 is 11.1 Å². The molecule has 0 aromatic heterocycles. The molecular weight excluding hydrogens is 232 g/mol. The van der Waals surface area contributed by atoms with Crippen molar-refractivity contribution in [3.05, 3.63) is 35.9 Å². The molecule has 2 aliphatic carbocycles. The Kier molecular flexibility index (Phi) is 3.90. The van der Waals surface area contributed by atoms with E-state index in [1.165, 1.54) is 31.2 Å². The van der Waals surface area contributed by atoms with Crippen LogP contribution in [-0.4, -0.2) is 12.6 Å². The Hall–Kier alpha value is -0.860. The van der Waals surface area contributed by atoms with Crippen LogP contribution in [-0.2, 0) is 0 Å². The quantitative estimate of drug-likeness (QED) is 0.788. The summed E-state index contributed by atoms with van der Waals surface area (Å²) >= 11 is 0. The van der Waals surface area contributed by atoms with Crippen molar-refractivity contribution in [3.63, 3.8) is 0 Å². The largest absolute Gasteiger partial charge is 0.324 e. The maximum atomic E-state index is 6.37. The van der Waals surface area contributed by atoms with Gasteiger partial charge >= 0.3 is 0 Å². The third-order valence-corrected chi connectivity index (χ3v) is 4.73. The highest BCUT2D eigenvalue weighted by molar-refractivity contribution is 5.19. The Labute approximate surface area is 116 Å². The van der Waals surface area contributed by atoms with Gasteiger partial charge in [0.05, 0.1) is 0 Å². The Morgan fingerprint density at radius 3 is 2.21 bits per heavy atom. The molecule has 3 N–H and O–H groups in total. The molecule has 0 amide bonds. The minimum absolute atomic E-state index is 0.146. The summed E-state index contributed by atoms with van der Waals surface area (Å²) in [7, 11) is 0. The molecular formula is C17H26N2. The van der Waals surface area contributed by atoms with Gasteiger partial charge in [-0.3, -0.25) is 0 Å². The second-order valence-electron chi connectivity index (χ2n) is 6.52. The number of hydrogen-bond donors (Lipinski definition) is 2. The van der Waals surface area contributed by atoms with Gasteiger partial charge in [0.25, 0.3) is 0 Å². The van der Waals surface area contributed by atoms with Gasteiger partial charge < -0.3 is 11.1 Å². The lowest BCUT2D eigenvalue weighted by atomic mass is 9.94. The van der Waals surface area contributed by atoms with Crippen LogP contribution >= 0.6 is 0 Å². The Bertz CT molecular complexity index is 383. The van der Waals surface area contributed by atoms with Gasteiger partial charge in [-0.15, -0.1) is 0 Å². The van der Waals surface area contributed by atoms with Crippen molar-refractivity contribution in [2.24, 2.45) is 23.5 Å². The van der Waals surface area contributed by atoms with E-state index in [0.29, 0.717) is 5.92 Å². The first kappa shape index (κ1) is 13.1. The molecule has 1 aromatic rings. The predicted octanol–water partition coefficient (Wildman–Crippen LogP) is 3.10. The Morgan fingerprint density at radius 2 is 1.68 bits per heavy atom. The fourth-order valence-corrected chi connectivity index (χ4v) is 3.08. The minimum atomic E-state index is 0.146. The van der Waals surface area contributed by atoms with E-state index < -0.39 is 0 Å². The van der Waals surface area contributed by atoms with E-state index in [0.717, 1.165) is 24.4 Å². The lowest BCUT2D eigenvalue weighted by Crippen LogP contribution is -2.38. The Balaban J connectivity index is 1.51. The standard InChI is InChI=1S/C17H26N2/c1-12(16(18)13-5-3-2-4-6-13)11-19-17(14-7-8-14)15-9-10-15/h2-6,12,14-17,19H,7-11,18H2,1H3. The van der Waals surface area contributed by atoms with Crippen LogP contribution in [0.25, 0.3) is 0 Å². The molecule has 2 heteroatoms. The number of nitrogens with one attached hydrogen (secondary N) is 1. The van der Waals surface area contributed by atoms with Crippen LogP contribution in [0.2, 0.25) is 0 Å². The van der Waals surface area contributed by atoms with Gasteiger partial charge in [-0.1, -0.05) is 37.3 Å². The maximum absolute atomic E-state index is 6.37. The molecule has 1 aromatic carbocycles. The highest BCUT2D eigenvalue weighted by Gasteiger charge is 2.41. The van der Waals surface area contributed by atoms with Gasteiger partial charge in [0.2, 0.25) is 0 Å². The van der Waals surface area contributed by atoms with Gasteiger partial charge in [0.15, 0.2) is 0 Å². The molecule has 2 nitrogen and oxygen atoms in total. The number of rotatable bonds is 7. The van der Waals surface area contributed by atoms with Crippen LogP contribution in [0.5, 0.6) is 0 Å². The van der Waals surface area contributed by atoms with Crippen molar-refractivity contribution >= 4 is 0 Å². The molecule has 2 unspecified atom stereocenters. The van der Waals surface area contributed by atoms with Gasteiger partial charge in [-0.05, 0) is 55.5 Å². The molecule has 2 atom stereocenters. The first-order valence-electron chi connectivity index (χ1n) is 7.79. The molecule has 0 saturated heterocycles. The lowest BCUT2D eigenvalue weighted by Gasteiger charge is -2.25. The third-order valence-electron chi connectivity index (χ3n) is 4.73. The highest BCUT2D eigenvalue weighted by Crippen LogP contribution is 2.44. The zero-order chi connectivity index (χ0) is 13.2. The zero-order valence-electron chi connectivity index (χ0n) is 11.9. The summed E-state index contributed by atoms with van der Waals surface area (Å²) in [5, 5.41) is 3.81. The molecule has 104 valence electrons. The summed E-state index contributed by atoms with van der Waals surface area (Å²) < 4.78 is 0. The van der Waals surface area contributed by atoms with Gasteiger partial charge in [0, 0.05) is 12.1 Å². The summed E-state index contributed by atoms with van der Waals surface area (Å²) in [6, 6.07) is 11.4. The molecule has 3 rings (SSSR count). The highest BCUT2D eigenvalue weighted by atomic mass is 15.0. The second kappa shape index (κ2) is 5.64. The minimum Gasteiger partial charge on any atom is -0.324 e. The summed E-state index contributed by atoms with van der Waals surface area (Å²) in [6.07, 6.45) is 5.75. The smallest absolute Gasteiger partial charge is 0.0333 e. The van der Waals surface area contributed by atoms with E-state index in [-0.39, 0.29) is 6.04 Å². The SMILES string of the molecule is CC(CNC(C1CC1)C1CC1)C(N)c1ccccc1. The van der Waals surface area contributed by atoms with Crippen molar-refractivity contribution in [1.29, 1.82) is 0 Å². The second-order valence-corrected chi connectivity index (χ2v) is 6.52. The number of benzene rings is 1. The summed E-state index contributed by atoms with van der Waals surface area (Å²) in [6.45, 7) is 3.31. The maximum Gasteiger partial charge on any atom is 0.0333 e. The van der Waals surface area contributed by atoms with Crippen molar-refractivity contribution in [1.82, 2.24) is 5.32 Å². The van der Waals surface area contributed by atoms with Crippen molar-refractivity contribution < 1.29 is 0 Å². The van der Waals surface area contributed by atoms with Crippen molar-refractivity contribution in [3.8, 4) is 0 Å². The van der Waals surface area contributed by atoms with E-state index in [4.69, 9.17) is 5.73 Å². The van der Waals surface area contributed by atoms with Gasteiger partial charge in [-0.25, -0.2) is 0 Å². The molecule has 0 radical (unpaired) electrons. The fraction of sp³-hybridized carbons (Fsp3) is 0.647. The van der Waals surface area contributed by atoms with E-state index in [9.17, 15) is 0 Å². The van der Waals surface area contributed by atoms with Gasteiger partial charge in [0.1, 0.15) is 0 Å². The fourth-order valence-electron chi connectivity index (χ4n) is 3.08. The molecule has 2 saturated carbocycles. The first-order chi connectivity index (χ1) is 9.25. The molecule has 19 heavy (non-hydrogen) atoms. The van der Waals surface area contributed by atoms with Crippen LogP contribution in [0.1, 0.15) is 44.2 Å². The number of nitrogens with two attached hydrogens (primary N) is 1. The first-order valence-corrected chi connectivity index (χ1v) is 7.79. The van der Waals surface area contributed by atoms with Crippen molar-refractivity contribution in [2.75, 3.05) is 6.54 Å². The van der Waals surface area contributed by atoms with E-state index in [1.54, 1.807) is 0 Å². The average molecular weight is 258 g/mol. The van der Waals surface area contributed by atoms with Crippen LogP contribution in [0.4, 0.5) is 0 Å². The molecule has 0 aliphatic heterocycles. The van der Waals surface area contributed by atoms with Gasteiger partial charge in [-0.2, -0.15) is 0 Å². The van der Waals surface area contributed by atoms with Crippen LogP contribution in [0.15, 0.2) is 30.3 Å². The van der Waals surface area contributed by atoms with E-state index in [2.05, 4.69) is 42.6 Å². The monoisotopic (exact) mass is 258 g/mol. The number of hydrogen-bond acceptors (Lipinski definition) is 2.